The molecule has 9 nitrogen and oxygen atoms in total. The first kappa shape index (κ1) is 37.7. The number of halogens is 4. The molecule has 0 spiro atoms. The van der Waals surface area contributed by atoms with E-state index in [9.17, 15) is 18.4 Å². The monoisotopic (exact) mass is 694 g/mol. The van der Waals surface area contributed by atoms with Gasteiger partial charge in [0.2, 0.25) is 6.41 Å². The van der Waals surface area contributed by atoms with Gasteiger partial charge in [0.25, 0.3) is 0 Å². The minimum Gasteiger partial charge on any atom is -0.493 e. The third-order valence-electron chi connectivity index (χ3n) is 8.19. The Morgan fingerprint density at radius 3 is 2.04 bits per heavy atom. The van der Waals surface area contributed by atoms with E-state index in [1.54, 1.807) is 6.07 Å². The van der Waals surface area contributed by atoms with Crippen LogP contribution in [0.4, 0.5) is 8.78 Å². The Balaban J connectivity index is 0.000000333. The zero-order valence-electron chi connectivity index (χ0n) is 25.9. The van der Waals surface area contributed by atoms with Crippen molar-refractivity contribution in [3.63, 3.8) is 0 Å². The summed E-state index contributed by atoms with van der Waals surface area (Å²) in [6.07, 6.45) is 4.99. The van der Waals surface area contributed by atoms with Crippen LogP contribution in [0.1, 0.15) is 37.7 Å². The van der Waals surface area contributed by atoms with Crippen LogP contribution in [-0.2, 0) is 30.5 Å². The van der Waals surface area contributed by atoms with E-state index >= 15 is 0 Å². The van der Waals surface area contributed by atoms with Crippen molar-refractivity contribution in [2.75, 3.05) is 26.9 Å². The van der Waals surface area contributed by atoms with Crippen molar-refractivity contribution in [3.05, 3.63) is 94.0 Å². The number of likely N-dealkylation sites (N-methyl/N-ethyl adjacent to an activating group) is 1. The van der Waals surface area contributed by atoms with E-state index < -0.39 is 11.6 Å². The highest BCUT2D eigenvalue weighted by Gasteiger charge is 2.56. The molecule has 3 saturated carbocycles. The van der Waals surface area contributed by atoms with E-state index in [0.29, 0.717) is 37.4 Å². The van der Waals surface area contributed by atoms with Crippen molar-refractivity contribution in [1.29, 1.82) is 0 Å². The lowest BCUT2D eigenvalue weighted by Crippen LogP contribution is -2.64. The number of aldehydes is 1. The fourth-order valence-corrected chi connectivity index (χ4v) is 5.86. The molecule has 3 aliphatic rings. The summed E-state index contributed by atoms with van der Waals surface area (Å²) in [7, 11) is 1.93. The standard InChI is InChI=1S/C25H29ClFNO4.C8H6ClFO2.CH3NO/c1-28-25-11-9-24(10-12-25,17-31-19-7-8-20(26)21(27)13-19)14-22(25)32-23(29)16-30-15-18-5-3-2-4-6-18;9-7-2-1-6(5-8(7)10)12-4-3-11;2-1-3/h2-8,13,22,28H,9-12,14-17H2,1H3;1-3,5H,4H2;1H,(H2,2,3). The number of carbonyl (C=O) groups is 3. The molecule has 1 unspecified atom stereocenters. The number of primary amides is 1. The van der Waals surface area contributed by atoms with Crippen LogP contribution < -0.4 is 20.5 Å². The zero-order chi connectivity index (χ0) is 34.3. The van der Waals surface area contributed by atoms with Gasteiger partial charge in [-0.05, 0) is 69.0 Å². The molecule has 254 valence electrons. The minimum atomic E-state index is -0.555. The van der Waals surface area contributed by atoms with E-state index in [-0.39, 0.29) is 52.7 Å². The Kier molecular flexibility index (Phi) is 14.9. The number of hydrogen-bond donors (Lipinski definition) is 2. The van der Waals surface area contributed by atoms with Crippen molar-refractivity contribution in [3.8, 4) is 11.5 Å². The highest BCUT2D eigenvalue weighted by atomic mass is 35.5. The van der Waals surface area contributed by atoms with Gasteiger partial charge in [-0.25, -0.2) is 13.6 Å². The van der Waals surface area contributed by atoms with Gasteiger partial charge in [0.1, 0.15) is 42.5 Å². The number of fused-ring (bicyclic) bond motifs is 3. The maximum absolute atomic E-state index is 13.8. The first-order valence-electron chi connectivity index (χ1n) is 14.8. The van der Waals surface area contributed by atoms with Gasteiger partial charge in [-0.1, -0.05) is 53.5 Å². The van der Waals surface area contributed by atoms with E-state index in [4.69, 9.17) is 46.9 Å². The highest BCUT2D eigenvalue weighted by Crippen LogP contribution is 2.53. The smallest absolute Gasteiger partial charge is 0.332 e. The molecule has 0 aliphatic heterocycles. The minimum absolute atomic E-state index is 0.0356. The van der Waals surface area contributed by atoms with Crippen LogP contribution >= 0.6 is 23.2 Å². The SMILES string of the molecule is CNC12CCC(COc3ccc(Cl)c(F)c3)(CC1)CC2OC(=O)COCc1ccccc1.NC=O.O=CCOc1ccc(Cl)c(F)c1. The predicted molar refractivity (Wildman–Crippen MR) is 173 cm³/mol. The molecule has 2 bridgehead atoms. The molecule has 3 aliphatic carbocycles. The average Bonchev–Trinajstić information content (AvgIpc) is 3.07. The Morgan fingerprint density at radius 1 is 0.936 bits per heavy atom. The Labute approximate surface area is 282 Å². The molecule has 0 aromatic heterocycles. The molecule has 3 aromatic carbocycles. The lowest BCUT2D eigenvalue weighted by molar-refractivity contribution is -0.174. The van der Waals surface area contributed by atoms with Crippen molar-refractivity contribution in [2.24, 2.45) is 11.1 Å². The topological polar surface area (TPSA) is 126 Å². The van der Waals surface area contributed by atoms with E-state index in [1.165, 1.54) is 24.3 Å². The number of ether oxygens (including phenoxy) is 4. The van der Waals surface area contributed by atoms with Crippen LogP contribution in [-0.4, -0.2) is 57.2 Å². The molecule has 1 amide bonds. The molecule has 0 radical (unpaired) electrons. The van der Waals surface area contributed by atoms with Crippen LogP contribution in [0.2, 0.25) is 10.0 Å². The lowest BCUT2D eigenvalue weighted by atomic mass is 9.56. The number of nitrogens with one attached hydrogen (secondary N) is 1. The maximum Gasteiger partial charge on any atom is 0.332 e. The van der Waals surface area contributed by atoms with Crippen molar-refractivity contribution < 1.29 is 42.1 Å². The van der Waals surface area contributed by atoms with E-state index in [0.717, 1.165) is 37.3 Å². The zero-order valence-corrected chi connectivity index (χ0v) is 27.4. The Hall–Kier alpha value is -3.77. The van der Waals surface area contributed by atoms with Crippen LogP contribution in [0.5, 0.6) is 11.5 Å². The normalized spacial score (nSPS) is 20.8. The molecule has 1 atom stereocenters. The van der Waals surface area contributed by atoms with Crippen molar-refractivity contribution in [2.45, 2.75) is 50.4 Å². The van der Waals surface area contributed by atoms with Crippen LogP contribution in [0.3, 0.4) is 0 Å². The predicted octanol–water partition coefficient (Wildman–Crippen LogP) is 6.07. The number of nitrogens with two attached hydrogens (primary N) is 1. The second kappa shape index (κ2) is 18.5. The molecule has 3 aromatic rings. The number of amides is 1. The van der Waals surface area contributed by atoms with Gasteiger partial charge in [-0.3, -0.25) is 9.59 Å². The average molecular weight is 696 g/mol. The Bertz CT molecular complexity index is 1460. The highest BCUT2D eigenvalue weighted by molar-refractivity contribution is 6.31. The summed E-state index contributed by atoms with van der Waals surface area (Å²) in [6.45, 7) is 0.652. The number of rotatable bonds is 12. The van der Waals surface area contributed by atoms with Gasteiger partial charge in [-0.2, -0.15) is 0 Å². The van der Waals surface area contributed by atoms with Crippen molar-refractivity contribution >= 4 is 41.9 Å². The summed E-state index contributed by atoms with van der Waals surface area (Å²) in [4.78, 5) is 31.0. The van der Waals surface area contributed by atoms with E-state index in [1.807, 2.05) is 37.4 Å². The molecule has 6 rings (SSSR count). The fourth-order valence-electron chi connectivity index (χ4n) is 5.63. The summed E-state index contributed by atoms with van der Waals surface area (Å²) < 4.78 is 48.7. The van der Waals surface area contributed by atoms with Crippen LogP contribution in [0.15, 0.2) is 66.7 Å². The molecule has 47 heavy (non-hydrogen) atoms. The third kappa shape index (κ3) is 11.2. The van der Waals surface area contributed by atoms with Crippen LogP contribution in [0.25, 0.3) is 0 Å². The largest absolute Gasteiger partial charge is 0.493 e. The summed E-state index contributed by atoms with van der Waals surface area (Å²) in [5.74, 6) is -0.654. The molecule has 0 heterocycles. The first-order chi connectivity index (χ1) is 22.6. The van der Waals surface area contributed by atoms with Gasteiger partial charge in [-0.15, -0.1) is 0 Å². The molecule has 3 fully saturated rings. The van der Waals surface area contributed by atoms with Gasteiger partial charge >= 0.3 is 5.97 Å². The van der Waals surface area contributed by atoms with Crippen LogP contribution in [0, 0.1) is 17.0 Å². The number of hydrogen-bond acceptors (Lipinski definition) is 8. The van der Waals surface area contributed by atoms with Gasteiger partial charge < -0.3 is 30.0 Å². The summed E-state index contributed by atoms with van der Waals surface area (Å²) in [5.41, 5.74) is 4.85. The second-order valence-electron chi connectivity index (χ2n) is 11.1. The Morgan fingerprint density at radius 2 is 1.51 bits per heavy atom. The first-order valence-corrected chi connectivity index (χ1v) is 15.6. The lowest BCUT2D eigenvalue weighted by Gasteiger charge is -2.56. The number of benzene rings is 3. The molecule has 13 heteroatoms. The quantitative estimate of drug-likeness (QED) is 0.173. The third-order valence-corrected chi connectivity index (χ3v) is 8.80. The van der Waals surface area contributed by atoms with E-state index in [2.05, 4.69) is 11.1 Å². The molecular weight excluding hydrogens is 657 g/mol. The molecular formula is C34H38Cl2F2N2O7. The fraction of sp³-hybridized carbons (Fsp3) is 0.382. The van der Waals surface area contributed by atoms with Gasteiger partial charge in [0.15, 0.2) is 6.29 Å². The number of esters is 1. The van der Waals surface area contributed by atoms with Gasteiger partial charge in [0, 0.05) is 17.5 Å². The summed E-state index contributed by atoms with van der Waals surface area (Å²) in [5, 5.41) is 3.53. The van der Waals surface area contributed by atoms with Gasteiger partial charge in [0.05, 0.1) is 28.8 Å². The number of carbonyl (C=O) groups excluding carboxylic acids is 3. The maximum atomic E-state index is 13.8. The molecule has 0 saturated heterocycles. The summed E-state index contributed by atoms with van der Waals surface area (Å²) in [6, 6.07) is 18.2. The second-order valence-corrected chi connectivity index (χ2v) is 11.9. The summed E-state index contributed by atoms with van der Waals surface area (Å²) >= 11 is 11.2. The van der Waals surface area contributed by atoms with Crippen molar-refractivity contribution in [1.82, 2.24) is 5.32 Å². The molecule has 3 N–H and O–H groups in total.